The minimum Gasteiger partial charge on any atom is -0.454 e. The molecule has 2 aromatic rings. The molecule has 1 aliphatic rings. The number of carbonyl (C=O) groups is 1. The minimum absolute atomic E-state index is 0.0765. The van der Waals surface area contributed by atoms with Crippen LogP contribution in [0, 0.1) is 0 Å². The Morgan fingerprint density at radius 2 is 1.88 bits per heavy atom. The van der Waals surface area contributed by atoms with Crippen molar-refractivity contribution < 1.29 is 14.3 Å². The first-order valence-corrected chi connectivity index (χ1v) is 8.21. The molecule has 0 saturated heterocycles. The van der Waals surface area contributed by atoms with E-state index in [4.69, 9.17) is 9.47 Å². The molecule has 1 N–H and O–H groups in total. The Morgan fingerprint density at radius 3 is 2.75 bits per heavy atom. The second kappa shape index (κ2) is 8.20. The van der Waals surface area contributed by atoms with Gasteiger partial charge in [-0.1, -0.05) is 36.4 Å². The number of benzene rings is 2. The molecular formula is C20H21NO3. The number of rotatable bonds is 7. The Bertz CT molecular complexity index is 710. The molecular weight excluding hydrogens is 302 g/mol. The highest BCUT2D eigenvalue weighted by atomic mass is 16.7. The molecule has 4 nitrogen and oxygen atoms in total. The molecule has 24 heavy (non-hydrogen) atoms. The van der Waals surface area contributed by atoms with Crippen LogP contribution in [0.5, 0.6) is 11.5 Å². The minimum atomic E-state index is -0.0765. The smallest absolute Gasteiger partial charge is 0.243 e. The van der Waals surface area contributed by atoms with E-state index in [9.17, 15) is 4.79 Å². The molecule has 4 heteroatoms. The normalized spacial score (nSPS) is 12.5. The van der Waals surface area contributed by atoms with Crippen LogP contribution in [-0.2, 0) is 11.2 Å². The lowest BCUT2D eigenvalue weighted by molar-refractivity contribution is -0.116. The lowest BCUT2D eigenvalue weighted by Crippen LogP contribution is -2.22. The average molecular weight is 323 g/mol. The van der Waals surface area contributed by atoms with Gasteiger partial charge >= 0.3 is 0 Å². The van der Waals surface area contributed by atoms with Gasteiger partial charge in [0.15, 0.2) is 11.5 Å². The van der Waals surface area contributed by atoms with E-state index in [1.807, 2.05) is 24.3 Å². The first-order valence-electron chi connectivity index (χ1n) is 8.21. The summed E-state index contributed by atoms with van der Waals surface area (Å²) in [5.74, 6) is 1.39. The summed E-state index contributed by atoms with van der Waals surface area (Å²) in [6, 6.07) is 16.0. The maximum atomic E-state index is 11.8. The number of carbonyl (C=O) groups excluding carboxylic acids is 1. The third-order valence-corrected chi connectivity index (χ3v) is 3.86. The van der Waals surface area contributed by atoms with Crippen LogP contribution >= 0.6 is 0 Å². The van der Waals surface area contributed by atoms with Gasteiger partial charge in [0.25, 0.3) is 0 Å². The van der Waals surface area contributed by atoms with E-state index >= 15 is 0 Å². The molecule has 0 bridgehead atoms. The zero-order valence-corrected chi connectivity index (χ0v) is 13.5. The number of hydrogen-bond donors (Lipinski definition) is 1. The number of hydrogen-bond acceptors (Lipinski definition) is 3. The lowest BCUT2D eigenvalue weighted by Gasteiger charge is -2.03. The van der Waals surface area contributed by atoms with Crippen molar-refractivity contribution in [2.24, 2.45) is 0 Å². The van der Waals surface area contributed by atoms with Crippen molar-refractivity contribution in [1.29, 1.82) is 0 Å². The van der Waals surface area contributed by atoms with Crippen molar-refractivity contribution in [2.75, 3.05) is 13.3 Å². The van der Waals surface area contributed by atoms with E-state index in [0.29, 0.717) is 6.54 Å². The van der Waals surface area contributed by atoms with Gasteiger partial charge in [0.2, 0.25) is 12.7 Å². The van der Waals surface area contributed by atoms with Crippen LogP contribution in [0.15, 0.2) is 54.6 Å². The number of fused-ring (bicyclic) bond motifs is 1. The number of amides is 1. The summed E-state index contributed by atoms with van der Waals surface area (Å²) in [6.07, 6.45) is 6.41. The number of unbranched alkanes of at least 4 members (excludes halogenated alkanes) is 1. The van der Waals surface area contributed by atoms with Crippen molar-refractivity contribution in [2.45, 2.75) is 19.3 Å². The quantitative estimate of drug-likeness (QED) is 0.626. The molecule has 2 aromatic carbocycles. The topological polar surface area (TPSA) is 47.6 Å². The predicted octanol–water partition coefficient (Wildman–Crippen LogP) is 3.57. The van der Waals surface area contributed by atoms with Crippen LogP contribution in [0.4, 0.5) is 0 Å². The second-order valence-corrected chi connectivity index (χ2v) is 5.68. The zero-order chi connectivity index (χ0) is 16.6. The lowest BCUT2D eigenvalue weighted by atomic mass is 10.1. The van der Waals surface area contributed by atoms with Crippen molar-refractivity contribution in [3.05, 3.63) is 65.7 Å². The fourth-order valence-corrected chi connectivity index (χ4v) is 2.56. The Balaban J connectivity index is 1.36. The van der Waals surface area contributed by atoms with Gasteiger partial charge in [-0.3, -0.25) is 4.79 Å². The van der Waals surface area contributed by atoms with E-state index in [-0.39, 0.29) is 12.7 Å². The van der Waals surface area contributed by atoms with Crippen molar-refractivity contribution in [1.82, 2.24) is 5.32 Å². The van der Waals surface area contributed by atoms with E-state index < -0.39 is 0 Å². The zero-order valence-electron chi connectivity index (χ0n) is 13.5. The standard InChI is InChI=1S/C20H21NO3/c22-20(21-13-5-4-8-16-6-2-1-3-7-16)12-10-17-9-11-18-19(14-17)24-15-23-18/h1-3,6-7,9-12,14H,4-5,8,13,15H2,(H,21,22)/b12-10+. The van der Waals surface area contributed by atoms with E-state index in [0.717, 1.165) is 36.3 Å². The fraction of sp³-hybridized carbons (Fsp3) is 0.250. The molecule has 124 valence electrons. The van der Waals surface area contributed by atoms with Crippen LogP contribution in [-0.4, -0.2) is 19.2 Å². The van der Waals surface area contributed by atoms with Gasteiger partial charge in [-0.2, -0.15) is 0 Å². The maximum Gasteiger partial charge on any atom is 0.243 e. The summed E-state index contributed by atoms with van der Waals surface area (Å²) in [4.78, 5) is 11.8. The summed E-state index contributed by atoms with van der Waals surface area (Å²) >= 11 is 0. The molecule has 0 atom stereocenters. The first kappa shape index (κ1) is 16.1. The third kappa shape index (κ3) is 4.62. The second-order valence-electron chi connectivity index (χ2n) is 5.68. The number of aryl methyl sites for hydroxylation is 1. The van der Waals surface area contributed by atoms with Crippen LogP contribution in [0.3, 0.4) is 0 Å². The highest BCUT2D eigenvalue weighted by Crippen LogP contribution is 2.32. The predicted molar refractivity (Wildman–Crippen MR) is 94.0 cm³/mol. The molecule has 0 saturated carbocycles. The summed E-state index contributed by atoms with van der Waals surface area (Å²) in [6.45, 7) is 0.948. The SMILES string of the molecule is O=C(/C=C/c1ccc2c(c1)OCO2)NCCCCc1ccccc1. The van der Waals surface area contributed by atoms with Crippen LogP contribution in [0.2, 0.25) is 0 Å². The van der Waals surface area contributed by atoms with Gasteiger partial charge < -0.3 is 14.8 Å². The third-order valence-electron chi connectivity index (χ3n) is 3.86. The molecule has 1 aliphatic heterocycles. The fourth-order valence-electron chi connectivity index (χ4n) is 2.56. The highest BCUT2D eigenvalue weighted by molar-refractivity contribution is 5.91. The van der Waals surface area contributed by atoms with Gasteiger partial charge in [-0.25, -0.2) is 0 Å². The Labute approximate surface area is 142 Å². The Hall–Kier alpha value is -2.75. The summed E-state index contributed by atoms with van der Waals surface area (Å²) in [7, 11) is 0. The van der Waals surface area contributed by atoms with Crippen molar-refractivity contribution in [3.8, 4) is 11.5 Å². The van der Waals surface area contributed by atoms with Crippen molar-refractivity contribution in [3.63, 3.8) is 0 Å². The molecule has 0 unspecified atom stereocenters. The maximum absolute atomic E-state index is 11.8. The van der Waals surface area contributed by atoms with Crippen molar-refractivity contribution >= 4 is 12.0 Å². The Morgan fingerprint density at radius 1 is 1.04 bits per heavy atom. The first-order chi connectivity index (χ1) is 11.8. The van der Waals surface area contributed by atoms with E-state index in [1.54, 1.807) is 12.2 Å². The number of ether oxygens (including phenoxy) is 2. The molecule has 0 spiro atoms. The van der Waals surface area contributed by atoms with Gasteiger partial charge in [0.05, 0.1) is 0 Å². The monoisotopic (exact) mass is 323 g/mol. The van der Waals surface area contributed by atoms with Gasteiger partial charge in [-0.15, -0.1) is 0 Å². The highest BCUT2D eigenvalue weighted by Gasteiger charge is 2.12. The molecule has 1 amide bonds. The van der Waals surface area contributed by atoms with Crippen LogP contribution in [0.25, 0.3) is 6.08 Å². The summed E-state index contributed by atoms with van der Waals surface area (Å²) in [5.41, 5.74) is 2.25. The molecule has 0 radical (unpaired) electrons. The Kier molecular flexibility index (Phi) is 5.51. The molecule has 0 aliphatic carbocycles. The molecule has 0 aromatic heterocycles. The molecule has 1 heterocycles. The van der Waals surface area contributed by atoms with Crippen LogP contribution < -0.4 is 14.8 Å². The number of nitrogens with one attached hydrogen (secondary N) is 1. The molecule has 3 rings (SSSR count). The largest absolute Gasteiger partial charge is 0.454 e. The van der Waals surface area contributed by atoms with Gasteiger partial charge in [-0.05, 0) is 48.6 Å². The average Bonchev–Trinajstić information content (AvgIpc) is 3.08. The van der Waals surface area contributed by atoms with E-state index in [1.165, 1.54) is 5.56 Å². The van der Waals surface area contributed by atoms with Gasteiger partial charge in [0, 0.05) is 12.6 Å². The van der Waals surface area contributed by atoms with Crippen LogP contribution in [0.1, 0.15) is 24.0 Å². The molecule has 0 fully saturated rings. The summed E-state index contributed by atoms with van der Waals surface area (Å²) in [5, 5.41) is 2.91. The van der Waals surface area contributed by atoms with Gasteiger partial charge in [0.1, 0.15) is 0 Å². The van der Waals surface area contributed by atoms with E-state index in [2.05, 4.69) is 29.6 Å². The summed E-state index contributed by atoms with van der Waals surface area (Å²) < 4.78 is 10.6.